The van der Waals surface area contributed by atoms with E-state index >= 15 is 0 Å². The third-order valence-electron chi connectivity index (χ3n) is 3.92. The van der Waals surface area contributed by atoms with Crippen molar-refractivity contribution in [3.8, 4) is 5.75 Å². The van der Waals surface area contributed by atoms with Crippen LogP contribution in [0.3, 0.4) is 0 Å². The van der Waals surface area contributed by atoms with Gasteiger partial charge in [-0.25, -0.2) is 4.98 Å². The van der Waals surface area contributed by atoms with Crippen LogP contribution in [-0.4, -0.2) is 16.5 Å². The van der Waals surface area contributed by atoms with Gasteiger partial charge in [-0.3, -0.25) is 0 Å². The van der Waals surface area contributed by atoms with Crippen LogP contribution < -0.4 is 4.74 Å². The zero-order valence-electron chi connectivity index (χ0n) is 13.7. The lowest BCUT2D eigenvalue weighted by Gasteiger charge is -2.07. The first kappa shape index (κ1) is 15.3. The lowest BCUT2D eigenvalue weighted by molar-refractivity contribution is 0.415. The minimum absolute atomic E-state index is 0.825. The van der Waals surface area contributed by atoms with Crippen molar-refractivity contribution in [2.45, 2.75) is 26.2 Å². The molecule has 3 heteroatoms. The average Bonchev–Trinajstić information content (AvgIpc) is 3.07. The van der Waals surface area contributed by atoms with Gasteiger partial charge in [0.2, 0.25) is 0 Å². The number of hydrogen-bond acceptors (Lipinski definition) is 2. The Morgan fingerprint density at radius 3 is 2.91 bits per heavy atom. The Bertz CT molecular complexity index is 859. The van der Waals surface area contributed by atoms with Crippen molar-refractivity contribution < 1.29 is 4.74 Å². The minimum Gasteiger partial charge on any atom is -0.497 e. The first-order chi connectivity index (χ1) is 11.3. The quantitative estimate of drug-likeness (QED) is 0.459. The summed E-state index contributed by atoms with van der Waals surface area (Å²) < 4.78 is 7.48. The summed E-state index contributed by atoms with van der Waals surface area (Å²) in [6, 6.07) is 10.1. The number of methoxy groups -OCH3 is 1. The van der Waals surface area contributed by atoms with Gasteiger partial charge in [-0.2, -0.15) is 0 Å². The van der Waals surface area contributed by atoms with E-state index in [1.54, 1.807) is 7.11 Å². The van der Waals surface area contributed by atoms with E-state index in [0.717, 1.165) is 34.4 Å². The van der Waals surface area contributed by atoms with E-state index in [0.29, 0.717) is 0 Å². The number of ether oxygens (including phenoxy) is 1. The van der Waals surface area contributed by atoms with E-state index in [4.69, 9.17) is 9.72 Å². The third-order valence-corrected chi connectivity index (χ3v) is 3.92. The van der Waals surface area contributed by atoms with Crippen LogP contribution >= 0.6 is 0 Å². The fourth-order valence-corrected chi connectivity index (χ4v) is 2.68. The molecule has 1 aromatic carbocycles. The third kappa shape index (κ3) is 3.29. The van der Waals surface area contributed by atoms with Crippen LogP contribution in [0.1, 0.15) is 31.9 Å². The molecule has 0 fully saturated rings. The lowest BCUT2D eigenvalue weighted by atomic mass is 10.2. The monoisotopic (exact) mass is 306 g/mol. The zero-order valence-corrected chi connectivity index (χ0v) is 13.7. The van der Waals surface area contributed by atoms with Crippen molar-refractivity contribution >= 4 is 22.6 Å². The summed E-state index contributed by atoms with van der Waals surface area (Å²) in [4.78, 5) is 4.80. The highest BCUT2D eigenvalue weighted by molar-refractivity contribution is 5.84. The molecule has 0 bridgehead atoms. The number of hydrogen-bond donors (Lipinski definition) is 0. The van der Waals surface area contributed by atoms with Crippen molar-refractivity contribution in [1.82, 2.24) is 9.38 Å². The predicted octanol–water partition coefficient (Wildman–Crippen LogP) is 5.26. The van der Waals surface area contributed by atoms with Gasteiger partial charge in [-0.15, -0.1) is 0 Å². The molecule has 0 amide bonds. The highest BCUT2D eigenvalue weighted by Crippen LogP contribution is 2.23. The number of fused-ring (bicyclic) bond motifs is 3. The largest absolute Gasteiger partial charge is 0.497 e. The normalized spacial score (nSPS) is 12.1. The highest BCUT2D eigenvalue weighted by atomic mass is 16.5. The van der Waals surface area contributed by atoms with Gasteiger partial charge in [0.1, 0.15) is 5.75 Å². The molecule has 2 aromatic heterocycles. The predicted molar refractivity (Wildman–Crippen MR) is 96.9 cm³/mol. The Kier molecular flexibility index (Phi) is 4.77. The standard InChI is InChI=1S/C20H22N2O/c1-3-4-5-6-7-8-10-17-19-11-9-14-22(19)20-13-12-16(23-2)15-18(20)21-17/h6-15H,3-5H2,1-2H3/b7-6+,10-8+. The number of nitrogens with zero attached hydrogens (tertiary/aromatic N) is 2. The summed E-state index contributed by atoms with van der Waals surface area (Å²) in [6.07, 6.45) is 14.1. The van der Waals surface area contributed by atoms with Crippen molar-refractivity contribution in [3.05, 3.63) is 60.5 Å². The van der Waals surface area contributed by atoms with Gasteiger partial charge in [0.15, 0.2) is 0 Å². The molecule has 3 rings (SSSR count). The highest BCUT2D eigenvalue weighted by Gasteiger charge is 2.06. The Balaban J connectivity index is 1.99. The number of benzene rings is 1. The van der Waals surface area contributed by atoms with Gasteiger partial charge in [0.05, 0.1) is 29.4 Å². The molecule has 0 aliphatic rings. The van der Waals surface area contributed by atoms with Crippen molar-refractivity contribution in [2.75, 3.05) is 7.11 Å². The van der Waals surface area contributed by atoms with Crippen LogP contribution in [0.25, 0.3) is 22.6 Å². The summed E-state index contributed by atoms with van der Waals surface area (Å²) in [5.41, 5.74) is 4.10. The summed E-state index contributed by atoms with van der Waals surface area (Å²) in [5, 5.41) is 0. The summed E-state index contributed by atoms with van der Waals surface area (Å²) >= 11 is 0. The summed E-state index contributed by atoms with van der Waals surface area (Å²) in [7, 11) is 1.68. The second kappa shape index (κ2) is 7.14. The molecule has 23 heavy (non-hydrogen) atoms. The topological polar surface area (TPSA) is 26.5 Å². The van der Waals surface area contributed by atoms with Gasteiger partial charge in [-0.1, -0.05) is 38.0 Å². The minimum atomic E-state index is 0.825. The molecule has 0 radical (unpaired) electrons. The fourth-order valence-electron chi connectivity index (χ4n) is 2.68. The smallest absolute Gasteiger partial charge is 0.121 e. The van der Waals surface area contributed by atoms with E-state index in [1.807, 2.05) is 18.2 Å². The van der Waals surface area contributed by atoms with Crippen LogP contribution in [0.4, 0.5) is 0 Å². The lowest BCUT2D eigenvalue weighted by Crippen LogP contribution is -1.94. The first-order valence-corrected chi connectivity index (χ1v) is 8.11. The van der Waals surface area contributed by atoms with Gasteiger partial charge < -0.3 is 9.14 Å². The van der Waals surface area contributed by atoms with Crippen LogP contribution in [0.2, 0.25) is 0 Å². The molecule has 0 spiro atoms. The molecule has 0 unspecified atom stereocenters. The van der Waals surface area contributed by atoms with Gasteiger partial charge in [-0.05, 0) is 36.8 Å². The molecule has 0 atom stereocenters. The molecule has 3 aromatic rings. The van der Waals surface area contributed by atoms with Crippen LogP contribution in [0.5, 0.6) is 5.75 Å². The van der Waals surface area contributed by atoms with Crippen LogP contribution in [-0.2, 0) is 0 Å². The van der Waals surface area contributed by atoms with E-state index in [2.05, 4.69) is 54.0 Å². The molecule has 3 nitrogen and oxygen atoms in total. The maximum Gasteiger partial charge on any atom is 0.121 e. The summed E-state index contributed by atoms with van der Waals surface area (Å²) in [5.74, 6) is 0.825. The Morgan fingerprint density at radius 1 is 1.17 bits per heavy atom. The first-order valence-electron chi connectivity index (χ1n) is 8.11. The van der Waals surface area contributed by atoms with E-state index in [-0.39, 0.29) is 0 Å². The molecule has 0 aliphatic heterocycles. The molecule has 2 heterocycles. The van der Waals surface area contributed by atoms with Crippen molar-refractivity contribution in [3.63, 3.8) is 0 Å². The summed E-state index contributed by atoms with van der Waals surface area (Å²) in [6.45, 7) is 2.21. The van der Waals surface area contributed by atoms with Gasteiger partial charge in [0.25, 0.3) is 0 Å². The molecule has 0 aliphatic carbocycles. The number of rotatable bonds is 6. The second-order valence-corrected chi connectivity index (χ2v) is 5.54. The van der Waals surface area contributed by atoms with Crippen molar-refractivity contribution in [2.24, 2.45) is 0 Å². The fraction of sp³-hybridized carbons (Fsp3) is 0.250. The number of aromatic nitrogens is 2. The van der Waals surface area contributed by atoms with E-state index in [9.17, 15) is 0 Å². The van der Waals surface area contributed by atoms with Crippen LogP contribution in [0, 0.1) is 0 Å². The maximum atomic E-state index is 5.31. The maximum absolute atomic E-state index is 5.31. The molecule has 0 N–H and O–H groups in total. The van der Waals surface area contributed by atoms with Crippen molar-refractivity contribution in [1.29, 1.82) is 0 Å². The van der Waals surface area contributed by atoms with E-state index in [1.165, 1.54) is 12.8 Å². The van der Waals surface area contributed by atoms with Crippen LogP contribution in [0.15, 0.2) is 54.8 Å². The SMILES string of the molecule is CCCC/C=C/C=C/c1nc2cc(OC)ccc2n2cccc12. The molecule has 0 saturated heterocycles. The number of unbranched alkanes of at least 4 members (excludes halogenated alkanes) is 2. The molecular formula is C20H22N2O. The Hall–Kier alpha value is -2.55. The number of allylic oxidation sites excluding steroid dienone is 3. The Morgan fingerprint density at radius 2 is 2.09 bits per heavy atom. The Labute approximate surface area is 136 Å². The van der Waals surface area contributed by atoms with Gasteiger partial charge in [0, 0.05) is 12.3 Å². The second-order valence-electron chi connectivity index (χ2n) is 5.54. The molecular weight excluding hydrogens is 284 g/mol. The average molecular weight is 306 g/mol. The molecule has 0 saturated carbocycles. The zero-order chi connectivity index (χ0) is 16.1. The van der Waals surface area contributed by atoms with Gasteiger partial charge >= 0.3 is 0 Å². The molecule has 118 valence electrons. The van der Waals surface area contributed by atoms with E-state index < -0.39 is 0 Å².